The highest BCUT2D eigenvalue weighted by molar-refractivity contribution is 5.33. The van der Waals surface area contributed by atoms with E-state index in [0.717, 1.165) is 11.6 Å². The van der Waals surface area contributed by atoms with E-state index in [4.69, 9.17) is 0 Å². The van der Waals surface area contributed by atoms with Crippen molar-refractivity contribution in [1.82, 2.24) is 9.55 Å². The number of aromatic nitrogens is 2. The maximum absolute atomic E-state index is 4.45. The van der Waals surface area contributed by atoms with E-state index in [1.54, 1.807) is 0 Å². The van der Waals surface area contributed by atoms with Crippen molar-refractivity contribution >= 4 is 5.82 Å². The van der Waals surface area contributed by atoms with Crippen LogP contribution in [0.4, 0.5) is 5.82 Å². The molecule has 0 bridgehead atoms. The zero-order valence-corrected chi connectivity index (χ0v) is 8.47. The highest BCUT2D eigenvalue weighted by Gasteiger charge is 2.19. The van der Waals surface area contributed by atoms with E-state index in [9.17, 15) is 0 Å². The Kier molecular flexibility index (Phi) is 2.13. The Morgan fingerprint density at radius 2 is 2.00 bits per heavy atom. The Bertz CT molecular complexity index is 268. The number of nitrogens with zero attached hydrogens (tertiary/aromatic N) is 2. The molecule has 68 valence electrons. The van der Waals surface area contributed by atoms with E-state index in [0.29, 0.717) is 0 Å². The lowest BCUT2D eigenvalue weighted by Crippen LogP contribution is -2.17. The number of imidazole rings is 1. The van der Waals surface area contributed by atoms with Gasteiger partial charge >= 0.3 is 0 Å². The van der Waals surface area contributed by atoms with Gasteiger partial charge in [-0.1, -0.05) is 20.8 Å². The highest BCUT2D eigenvalue weighted by Crippen LogP contribution is 2.21. The molecule has 1 N–H and O–H groups in total. The summed E-state index contributed by atoms with van der Waals surface area (Å²) in [6.45, 7) is 6.48. The molecule has 1 heterocycles. The van der Waals surface area contributed by atoms with E-state index >= 15 is 0 Å². The Morgan fingerprint density at radius 1 is 1.42 bits per heavy atom. The lowest BCUT2D eigenvalue weighted by molar-refractivity contribution is 0.523. The summed E-state index contributed by atoms with van der Waals surface area (Å²) < 4.78 is 2.06. The third kappa shape index (κ3) is 1.60. The summed E-state index contributed by atoms with van der Waals surface area (Å²) in [5, 5.41) is 3.03. The monoisotopic (exact) mass is 167 g/mol. The molecule has 1 aromatic heterocycles. The van der Waals surface area contributed by atoms with Gasteiger partial charge in [0.25, 0.3) is 0 Å². The average Bonchev–Trinajstić information content (AvgIpc) is 2.29. The van der Waals surface area contributed by atoms with Crippen LogP contribution >= 0.6 is 0 Å². The first kappa shape index (κ1) is 9.10. The highest BCUT2D eigenvalue weighted by atomic mass is 15.1. The largest absolute Gasteiger partial charge is 0.372 e. The summed E-state index contributed by atoms with van der Waals surface area (Å²) in [6.07, 6.45) is 2.00. The number of nitrogens with one attached hydrogen (secondary N) is 1. The van der Waals surface area contributed by atoms with Gasteiger partial charge in [-0.25, -0.2) is 4.98 Å². The normalized spacial score (nSPS) is 11.8. The lowest BCUT2D eigenvalue weighted by atomic mass is 9.96. The summed E-state index contributed by atoms with van der Waals surface area (Å²) in [7, 11) is 3.91. The number of aryl methyl sites for hydroxylation is 1. The maximum Gasteiger partial charge on any atom is 0.144 e. The molecule has 0 atom stereocenters. The molecule has 0 unspecified atom stereocenters. The van der Waals surface area contributed by atoms with Gasteiger partial charge in [0.05, 0.1) is 0 Å². The molecule has 0 aliphatic rings. The third-order valence-electron chi connectivity index (χ3n) is 1.80. The fraction of sp³-hybridized carbons (Fsp3) is 0.667. The van der Waals surface area contributed by atoms with Gasteiger partial charge in [-0.2, -0.15) is 0 Å². The van der Waals surface area contributed by atoms with Gasteiger partial charge in [0, 0.05) is 25.7 Å². The van der Waals surface area contributed by atoms with Crippen LogP contribution in [0.5, 0.6) is 0 Å². The molecule has 1 rings (SSSR count). The number of anilines is 1. The minimum absolute atomic E-state index is 0.115. The first-order chi connectivity index (χ1) is 5.45. The molecule has 12 heavy (non-hydrogen) atoms. The van der Waals surface area contributed by atoms with Crippen molar-refractivity contribution < 1.29 is 0 Å². The quantitative estimate of drug-likeness (QED) is 0.690. The smallest absolute Gasteiger partial charge is 0.144 e. The molecule has 3 nitrogen and oxygen atoms in total. The van der Waals surface area contributed by atoms with Crippen molar-refractivity contribution in [1.29, 1.82) is 0 Å². The SMILES string of the molecule is CNc1cn(C)c(C(C)(C)C)n1. The predicted molar refractivity (Wildman–Crippen MR) is 51.5 cm³/mol. The Hall–Kier alpha value is -0.990. The van der Waals surface area contributed by atoms with Gasteiger partial charge in [0.2, 0.25) is 0 Å². The van der Waals surface area contributed by atoms with Crippen LogP contribution in [0.3, 0.4) is 0 Å². The second-order valence-electron chi connectivity index (χ2n) is 4.06. The zero-order valence-electron chi connectivity index (χ0n) is 8.47. The number of rotatable bonds is 1. The fourth-order valence-electron chi connectivity index (χ4n) is 1.28. The third-order valence-corrected chi connectivity index (χ3v) is 1.80. The Labute approximate surface area is 73.8 Å². The number of hydrogen-bond donors (Lipinski definition) is 1. The van der Waals surface area contributed by atoms with Gasteiger partial charge in [0.1, 0.15) is 11.6 Å². The first-order valence-corrected chi connectivity index (χ1v) is 4.16. The summed E-state index contributed by atoms with van der Waals surface area (Å²) in [6, 6.07) is 0. The van der Waals surface area contributed by atoms with E-state index in [-0.39, 0.29) is 5.41 Å². The Balaban J connectivity index is 3.08. The standard InChI is InChI=1S/C9H17N3/c1-9(2,3)8-11-7(10-4)6-12(8)5/h6,10H,1-5H3. The minimum atomic E-state index is 0.115. The van der Waals surface area contributed by atoms with Gasteiger partial charge in [-0.05, 0) is 0 Å². The lowest BCUT2D eigenvalue weighted by Gasteiger charge is -2.17. The molecule has 0 aliphatic heterocycles. The van der Waals surface area contributed by atoms with Crippen molar-refractivity contribution in [2.45, 2.75) is 26.2 Å². The van der Waals surface area contributed by atoms with E-state index in [1.807, 2.05) is 20.3 Å². The summed E-state index contributed by atoms with van der Waals surface area (Å²) in [5.41, 5.74) is 0.115. The second-order valence-corrected chi connectivity index (χ2v) is 4.06. The number of hydrogen-bond acceptors (Lipinski definition) is 2. The molecular formula is C9H17N3. The van der Waals surface area contributed by atoms with Crippen molar-refractivity contribution in [3.63, 3.8) is 0 Å². The first-order valence-electron chi connectivity index (χ1n) is 4.16. The molecule has 0 saturated carbocycles. The van der Waals surface area contributed by atoms with Crippen LogP contribution < -0.4 is 5.32 Å². The van der Waals surface area contributed by atoms with Crippen LogP contribution in [-0.2, 0) is 12.5 Å². The minimum Gasteiger partial charge on any atom is -0.372 e. The summed E-state index contributed by atoms with van der Waals surface area (Å²) in [5.74, 6) is 2.04. The van der Waals surface area contributed by atoms with Crippen molar-refractivity contribution in [2.24, 2.45) is 7.05 Å². The zero-order chi connectivity index (χ0) is 9.35. The second kappa shape index (κ2) is 2.81. The van der Waals surface area contributed by atoms with Gasteiger partial charge < -0.3 is 9.88 Å². The van der Waals surface area contributed by atoms with Gasteiger partial charge in [-0.3, -0.25) is 0 Å². The van der Waals surface area contributed by atoms with Crippen LogP contribution in [0.2, 0.25) is 0 Å². The molecule has 0 aliphatic carbocycles. The molecule has 0 amide bonds. The molecule has 0 radical (unpaired) electrons. The molecule has 0 spiro atoms. The molecular weight excluding hydrogens is 150 g/mol. The van der Waals surface area contributed by atoms with Crippen LogP contribution in [-0.4, -0.2) is 16.6 Å². The van der Waals surface area contributed by atoms with E-state index in [1.165, 1.54) is 0 Å². The molecule has 0 saturated heterocycles. The molecule has 3 heteroatoms. The molecule has 1 aromatic rings. The van der Waals surface area contributed by atoms with E-state index < -0.39 is 0 Å². The van der Waals surface area contributed by atoms with Gasteiger partial charge in [0.15, 0.2) is 0 Å². The fourth-order valence-corrected chi connectivity index (χ4v) is 1.28. The van der Waals surface area contributed by atoms with Crippen molar-refractivity contribution in [2.75, 3.05) is 12.4 Å². The summed E-state index contributed by atoms with van der Waals surface area (Å²) in [4.78, 5) is 4.45. The van der Waals surface area contributed by atoms with E-state index in [2.05, 4.69) is 35.6 Å². The predicted octanol–water partition coefficient (Wildman–Crippen LogP) is 1.76. The average molecular weight is 167 g/mol. The van der Waals surface area contributed by atoms with Crippen LogP contribution in [0, 0.1) is 0 Å². The van der Waals surface area contributed by atoms with Gasteiger partial charge in [-0.15, -0.1) is 0 Å². The topological polar surface area (TPSA) is 29.9 Å². The van der Waals surface area contributed by atoms with Crippen molar-refractivity contribution in [3.8, 4) is 0 Å². The van der Waals surface area contributed by atoms with Crippen LogP contribution in [0.1, 0.15) is 26.6 Å². The van der Waals surface area contributed by atoms with Crippen LogP contribution in [0.15, 0.2) is 6.20 Å². The molecule has 0 fully saturated rings. The summed E-state index contributed by atoms with van der Waals surface area (Å²) >= 11 is 0. The van der Waals surface area contributed by atoms with Crippen molar-refractivity contribution in [3.05, 3.63) is 12.0 Å². The maximum atomic E-state index is 4.45. The molecule has 0 aromatic carbocycles. The van der Waals surface area contributed by atoms with Crippen LogP contribution in [0.25, 0.3) is 0 Å². The Morgan fingerprint density at radius 3 is 2.25 bits per heavy atom.